The Labute approximate surface area is 300 Å². The Morgan fingerprint density at radius 1 is 0.755 bits per heavy atom. The van der Waals surface area contributed by atoms with Gasteiger partial charge in [0.25, 0.3) is 0 Å². The molecular formula is C42H66N2O4S. The largest absolute Gasteiger partial charge is 0.393 e. The van der Waals surface area contributed by atoms with E-state index in [2.05, 4.69) is 94.7 Å². The van der Waals surface area contributed by atoms with Gasteiger partial charge >= 0.3 is 0 Å². The van der Waals surface area contributed by atoms with Gasteiger partial charge in [-0.15, -0.1) is 0 Å². The van der Waals surface area contributed by atoms with Crippen LogP contribution < -0.4 is 4.72 Å². The summed E-state index contributed by atoms with van der Waals surface area (Å²) in [5.41, 5.74) is 7.04. The molecule has 3 aromatic carbocycles. The number of hydrogen-bond acceptors (Lipinski definition) is 5. The minimum Gasteiger partial charge on any atom is -0.393 e. The minimum absolute atomic E-state index is 0. The van der Waals surface area contributed by atoms with Gasteiger partial charge in [0.1, 0.15) is 11.8 Å². The predicted molar refractivity (Wildman–Crippen MR) is 212 cm³/mol. The second kappa shape index (κ2) is 21.0. The first-order valence-electron chi connectivity index (χ1n) is 17.0. The summed E-state index contributed by atoms with van der Waals surface area (Å²) in [7, 11) is -2.94. The Balaban J connectivity index is 0.000000657. The number of carbonyl (C=O) groups excluding carboxylic acids is 1. The molecule has 0 atom stereocenters. The lowest BCUT2D eigenvalue weighted by Crippen LogP contribution is -2.32. The molecule has 49 heavy (non-hydrogen) atoms. The summed E-state index contributed by atoms with van der Waals surface area (Å²) in [5, 5.41) is 4.23. The summed E-state index contributed by atoms with van der Waals surface area (Å²) in [4.78, 5) is 16.9. The summed E-state index contributed by atoms with van der Waals surface area (Å²) in [5.74, 6) is 1.48. The van der Waals surface area contributed by atoms with E-state index in [1.165, 1.54) is 11.1 Å². The van der Waals surface area contributed by atoms with Crippen LogP contribution in [-0.2, 0) is 14.9 Å². The molecule has 0 aromatic heterocycles. The van der Waals surface area contributed by atoms with Crippen molar-refractivity contribution >= 4 is 21.5 Å². The third kappa shape index (κ3) is 15.9. The fraction of sp³-hybridized carbons (Fsp3) is 0.524. The monoisotopic (exact) mass is 694 g/mol. The van der Waals surface area contributed by atoms with Gasteiger partial charge in [-0.2, -0.15) is 0 Å². The van der Waals surface area contributed by atoms with Crippen LogP contribution in [0, 0.1) is 17.3 Å². The fourth-order valence-corrected chi connectivity index (χ4v) is 5.77. The van der Waals surface area contributed by atoms with E-state index in [1.807, 2.05) is 70.2 Å². The van der Waals surface area contributed by atoms with Crippen molar-refractivity contribution in [3.8, 4) is 11.1 Å². The lowest BCUT2D eigenvalue weighted by molar-refractivity contribution is 0.0863. The Bertz CT molecular complexity index is 1480. The Morgan fingerprint density at radius 2 is 1.16 bits per heavy atom. The van der Waals surface area contributed by atoms with E-state index in [0.717, 1.165) is 41.2 Å². The molecule has 1 N–H and O–H groups in total. The van der Waals surface area contributed by atoms with Crippen LogP contribution >= 0.6 is 0 Å². The molecule has 274 valence electrons. The van der Waals surface area contributed by atoms with Crippen LogP contribution in [0.25, 0.3) is 11.1 Å². The number of ketones is 1. The van der Waals surface area contributed by atoms with E-state index in [-0.39, 0.29) is 38.0 Å². The number of sulfonamides is 1. The number of rotatable bonds is 8. The number of nitrogens with zero attached hydrogens (tertiary/aromatic N) is 1. The molecular weight excluding hydrogens is 629 g/mol. The van der Waals surface area contributed by atoms with Gasteiger partial charge in [0.15, 0.2) is 5.78 Å². The van der Waals surface area contributed by atoms with Gasteiger partial charge in [-0.3, -0.25) is 4.79 Å². The first kappa shape index (κ1) is 45.7. The Hall–Kier alpha value is -3.29. The van der Waals surface area contributed by atoms with E-state index >= 15 is 0 Å². The van der Waals surface area contributed by atoms with Gasteiger partial charge in [0.05, 0.1) is 5.25 Å². The van der Waals surface area contributed by atoms with Crippen LogP contribution in [0.1, 0.15) is 132 Å². The highest BCUT2D eigenvalue weighted by atomic mass is 32.2. The maximum atomic E-state index is 11.5. The molecule has 2 aliphatic rings. The molecule has 0 radical (unpaired) electrons. The zero-order valence-corrected chi connectivity index (χ0v) is 31.3. The molecule has 2 aliphatic carbocycles. The number of benzene rings is 3. The molecule has 5 rings (SSSR count). The van der Waals surface area contributed by atoms with Gasteiger partial charge in [-0.25, -0.2) is 13.1 Å². The van der Waals surface area contributed by atoms with E-state index in [1.54, 1.807) is 0 Å². The molecule has 0 unspecified atom stereocenters. The second-order valence-corrected chi connectivity index (χ2v) is 16.6. The highest BCUT2D eigenvalue weighted by Gasteiger charge is 2.35. The minimum atomic E-state index is -2.94. The van der Waals surface area contributed by atoms with Crippen molar-refractivity contribution < 1.29 is 18.0 Å². The summed E-state index contributed by atoms with van der Waals surface area (Å²) < 4.78 is 24.7. The van der Waals surface area contributed by atoms with Crippen molar-refractivity contribution in [2.45, 2.75) is 128 Å². The Kier molecular flexibility index (Phi) is 19.6. The average Bonchev–Trinajstić information content (AvgIpc) is 3.80. The summed E-state index contributed by atoms with van der Waals surface area (Å²) in [6, 6.07) is 26.1. The number of hydrogen-bond donors (Lipinski definition) is 1. The molecule has 0 spiro atoms. The van der Waals surface area contributed by atoms with Crippen LogP contribution in [-0.4, -0.2) is 37.3 Å². The van der Waals surface area contributed by atoms with Gasteiger partial charge in [-0.05, 0) is 68.9 Å². The van der Waals surface area contributed by atoms with Crippen LogP contribution in [0.3, 0.4) is 0 Å². The molecule has 3 aromatic rings. The first-order chi connectivity index (χ1) is 21.9. The third-order valence-electron chi connectivity index (χ3n) is 7.79. The molecule has 6 nitrogen and oxygen atoms in total. The SMILES string of the molecule is C.C.CC(C)C(C)(C)C.CC(C)CC(=O)c1ccccc1.CC(C)NS(=O)(=O)C1CC1.CC(C)ON=C1c2ccccc2-c2ccccc21. The molecule has 0 heterocycles. The van der Waals surface area contributed by atoms with Gasteiger partial charge in [0, 0.05) is 29.2 Å². The zero-order chi connectivity index (χ0) is 35.4. The van der Waals surface area contributed by atoms with Crippen molar-refractivity contribution in [2.24, 2.45) is 22.4 Å². The van der Waals surface area contributed by atoms with Crippen molar-refractivity contribution in [3.63, 3.8) is 0 Å². The van der Waals surface area contributed by atoms with Gasteiger partial charge in [0.2, 0.25) is 10.0 Å². The normalized spacial score (nSPS) is 12.9. The topological polar surface area (TPSA) is 84.8 Å². The molecule has 0 amide bonds. The van der Waals surface area contributed by atoms with E-state index in [4.69, 9.17) is 4.84 Å². The van der Waals surface area contributed by atoms with Crippen LogP contribution in [0.5, 0.6) is 0 Å². The standard InChI is InChI=1S/C16H15NO.C11H14O.C7H16.C6H13NO2S.2CH4/c1-11(2)18-17-16-14-9-5-3-7-12(14)13-8-4-6-10-15(13)16;1-9(2)8-11(12)10-6-4-3-5-7-10;1-6(2)7(3,4)5;1-5(2)7-10(8,9)6-3-4-6;;/h3-11H,1-2H3;3-7,9H,8H2,1-2H3;6H,1-5H3;5-7H,3-4H2,1-2H3;2*1H4. The second-order valence-electron chi connectivity index (χ2n) is 14.6. The first-order valence-corrected chi connectivity index (χ1v) is 18.5. The molecule has 0 aliphatic heterocycles. The molecule has 0 saturated heterocycles. The molecule has 1 fully saturated rings. The fourth-order valence-electron chi connectivity index (χ4n) is 4.17. The maximum absolute atomic E-state index is 11.5. The molecule has 7 heteroatoms. The Morgan fingerprint density at radius 3 is 1.51 bits per heavy atom. The number of carbonyl (C=O) groups is 1. The summed E-state index contributed by atoms with van der Waals surface area (Å²) >= 11 is 0. The average molecular weight is 695 g/mol. The smallest absolute Gasteiger partial charge is 0.214 e. The summed E-state index contributed by atoms with van der Waals surface area (Å²) in [6.07, 6.45) is 2.41. The summed E-state index contributed by atoms with van der Waals surface area (Å²) in [6.45, 7) is 23.0. The number of oxime groups is 1. The predicted octanol–water partition coefficient (Wildman–Crippen LogP) is 11.2. The van der Waals surface area contributed by atoms with Crippen molar-refractivity contribution in [3.05, 3.63) is 95.6 Å². The van der Waals surface area contributed by atoms with Crippen LogP contribution in [0.2, 0.25) is 0 Å². The number of nitrogens with one attached hydrogen (secondary N) is 1. The lowest BCUT2D eigenvalue weighted by Gasteiger charge is -2.22. The van der Waals surface area contributed by atoms with E-state index < -0.39 is 10.0 Å². The van der Waals surface area contributed by atoms with Gasteiger partial charge in [-0.1, -0.05) is 147 Å². The molecule has 1 saturated carbocycles. The van der Waals surface area contributed by atoms with Crippen LogP contribution in [0.15, 0.2) is 84.0 Å². The number of Topliss-reactive ketones (excluding diaryl/α,β-unsaturated/α-hetero) is 1. The highest BCUT2D eigenvalue weighted by molar-refractivity contribution is 7.90. The van der Waals surface area contributed by atoms with Crippen molar-refractivity contribution in [2.75, 3.05) is 0 Å². The van der Waals surface area contributed by atoms with Crippen LogP contribution in [0.4, 0.5) is 0 Å². The molecule has 0 bridgehead atoms. The third-order valence-corrected chi connectivity index (χ3v) is 9.94. The van der Waals surface area contributed by atoms with Crippen molar-refractivity contribution in [1.82, 2.24) is 4.72 Å². The van der Waals surface area contributed by atoms with E-state index in [0.29, 0.717) is 17.8 Å². The van der Waals surface area contributed by atoms with E-state index in [9.17, 15) is 13.2 Å². The highest BCUT2D eigenvalue weighted by Crippen LogP contribution is 2.36. The van der Waals surface area contributed by atoms with Gasteiger partial charge < -0.3 is 4.84 Å². The maximum Gasteiger partial charge on any atom is 0.214 e. The van der Waals surface area contributed by atoms with Crippen molar-refractivity contribution in [1.29, 1.82) is 0 Å². The lowest BCUT2D eigenvalue weighted by atomic mass is 9.84. The quantitative estimate of drug-likeness (QED) is 0.147. The zero-order valence-electron chi connectivity index (χ0n) is 30.5. The number of fused-ring (bicyclic) bond motifs is 3.